The topological polar surface area (TPSA) is 68.0 Å². The molecule has 5 nitrogen and oxygen atoms in total. The number of hydrogen-bond donors (Lipinski definition) is 1. The molecule has 19 heavy (non-hydrogen) atoms. The lowest BCUT2D eigenvalue weighted by molar-refractivity contribution is -0.132. The van der Waals surface area contributed by atoms with E-state index in [1.807, 2.05) is 0 Å². The average Bonchev–Trinajstić information content (AvgIpc) is 2.85. The third kappa shape index (κ3) is 3.04. The number of rotatable bonds is 4. The van der Waals surface area contributed by atoms with Crippen molar-refractivity contribution < 1.29 is 14.3 Å². The molecule has 0 unspecified atom stereocenters. The zero-order valence-corrected chi connectivity index (χ0v) is 10.2. The first-order valence-corrected chi connectivity index (χ1v) is 5.71. The summed E-state index contributed by atoms with van der Waals surface area (Å²) in [7, 11) is 0. The first-order chi connectivity index (χ1) is 9.10. The second kappa shape index (κ2) is 5.43. The van der Waals surface area contributed by atoms with E-state index in [9.17, 15) is 9.18 Å². The molecule has 2 aromatic heterocycles. The molecule has 0 aliphatic rings. The van der Waals surface area contributed by atoms with Gasteiger partial charge >= 0.3 is 5.97 Å². The minimum absolute atomic E-state index is 0.275. The summed E-state index contributed by atoms with van der Waals surface area (Å²) in [5.74, 6) is -0.915. The van der Waals surface area contributed by atoms with Gasteiger partial charge in [-0.3, -0.25) is 0 Å². The molecule has 1 N–H and O–H groups in total. The Hall–Kier alpha value is -2.50. The highest BCUT2D eigenvalue weighted by atomic mass is 19.1. The van der Waals surface area contributed by atoms with Gasteiger partial charge in [0.15, 0.2) is 5.82 Å². The highest BCUT2D eigenvalue weighted by Gasteiger charge is 2.06. The maximum atomic E-state index is 12.7. The van der Waals surface area contributed by atoms with Gasteiger partial charge in [0.05, 0.1) is 11.9 Å². The molecule has 0 atom stereocenters. The number of pyridine rings is 1. The molecule has 0 amide bonds. The molecule has 0 bridgehead atoms. The SMILES string of the molecule is CCC(=Cc1ccn(-c2ccc(F)cn2)n1)C(=O)O. The van der Waals surface area contributed by atoms with Crippen LogP contribution < -0.4 is 0 Å². The molecule has 0 aliphatic heterocycles. The predicted octanol–water partition coefficient (Wildman–Crippen LogP) is 2.28. The van der Waals surface area contributed by atoms with Gasteiger partial charge in [0.1, 0.15) is 5.82 Å². The van der Waals surface area contributed by atoms with Gasteiger partial charge in [0, 0.05) is 11.8 Å². The van der Waals surface area contributed by atoms with Crippen LogP contribution in [-0.4, -0.2) is 25.8 Å². The summed E-state index contributed by atoms with van der Waals surface area (Å²) in [6, 6.07) is 4.45. The number of hydrogen-bond acceptors (Lipinski definition) is 3. The van der Waals surface area contributed by atoms with Crippen LogP contribution in [0.1, 0.15) is 19.0 Å². The van der Waals surface area contributed by atoms with Crippen molar-refractivity contribution in [3.63, 3.8) is 0 Å². The van der Waals surface area contributed by atoms with Crippen LogP contribution >= 0.6 is 0 Å². The van der Waals surface area contributed by atoms with E-state index in [2.05, 4.69) is 10.1 Å². The molecule has 2 rings (SSSR count). The van der Waals surface area contributed by atoms with Gasteiger partial charge in [-0.05, 0) is 30.7 Å². The molecule has 0 fully saturated rings. The second-order valence-electron chi connectivity index (χ2n) is 3.85. The van der Waals surface area contributed by atoms with Crippen LogP contribution in [0, 0.1) is 5.82 Å². The van der Waals surface area contributed by atoms with Crippen LogP contribution in [0.15, 0.2) is 36.2 Å². The van der Waals surface area contributed by atoms with Crippen molar-refractivity contribution in [2.75, 3.05) is 0 Å². The van der Waals surface area contributed by atoms with Gasteiger partial charge < -0.3 is 5.11 Å². The number of aliphatic carboxylic acids is 1. The summed E-state index contributed by atoms with van der Waals surface area (Å²) in [5.41, 5.74) is 0.794. The molecule has 6 heteroatoms. The summed E-state index contributed by atoms with van der Waals surface area (Å²) < 4.78 is 14.2. The van der Waals surface area contributed by atoms with Crippen LogP contribution in [0.2, 0.25) is 0 Å². The van der Waals surface area contributed by atoms with E-state index >= 15 is 0 Å². The highest BCUT2D eigenvalue weighted by Crippen LogP contribution is 2.10. The van der Waals surface area contributed by atoms with E-state index in [-0.39, 0.29) is 5.57 Å². The molecule has 2 aromatic rings. The lowest BCUT2D eigenvalue weighted by Crippen LogP contribution is -2.00. The summed E-state index contributed by atoms with van der Waals surface area (Å²) >= 11 is 0. The summed E-state index contributed by atoms with van der Waals surface area (Å²) in [6.45, 7) is 1.76. The number of carboxylic acid groups (broad SMARTS) is 1. The Morgan fingerprint density at radius 2 is 2.26 bits per heavy atom. The van der Waals surface area contributed by atoms with Crippen molar-refractivity contribution in [1.29, 1.82) is 0 Å². The molecule has 0 aromatic carbocycles. The number of halogens is 1. The predicted molar refractivity (Wildman–Crippen MR) is 67.2 cm³/mol. The quantitative estimate of drug-likeness (QED) is 0.857. The van der Waals surface area contributed by atoms with Crippen LogP contribution in [0.5, 0.6) is 0 Å². The number of carboxylic acids is 1. The lowest BCUT2D eigenvalue weighted by atomic mass is 10.2. The molecular formula is C13H12FN3O2. The third-order valence-electron chi connectivity index (χ3n) is 2.53. The van der Waals surface area contributed by atoms with Crippen molar-refractivity contribution in [2.45, 2.75) is 13.3 Å². The molecule has 0 radical (unpaired) electrons. The van der Waals surface area contributed by atoms with Gasteiger partial charge in [-0.1, -0.05) is 6.92 Å². The molecule has 0 saturated carbocycles. The van der Waals surface area contributed by atoms with E-state index in [4.69, 9.17) is 5.11 Å². The summed E-state index contributed by atoms with van der Waals surface area (Å²) in [4.78, 5) is 14.8. The minimum Gasteiger partial charge on any atom is -0.478 e. The molecule has 0 spiro atoms. The first-order valence-electron chi connectivity index (χ1n) is 5.71. The van der Waals surface area contributed by atoms with Crippen molar-refractivity contribution in [3.8, 4) is 5.82 Å². The number of nitrogens with zero attached hydrogens (tertiary/aromatic N) is 3. The van der Waals surface area contributed by atoms with Gasteiger partial charge in [0.2, 0.25) is 0 Å². The fourth-order valence-corrected chi connectivity index (χ4v) is 1.54. The van der Waals surface area contributed by atoms with E-state index in [0.29, 0.717) is 17.9 Å². The third-order valence-corrected chi connectivity index (χ3v) is 2.53. The Morgan fingerprint density at radius 3 is 2.84 bits per heavy atom. The Balaban J connectivity index is 2.29. The molecule has 98 valence electrons. The molecule has 2 heterocycles. The monoisotopic (exact) mass is 261 g/mol. The van der Waals surface area contributed by atoms with Gasteiger partial charge in [-0.25, -0.2) is 18.9 Å². The Morgan fingerprint density at radius 1 is 1.47 bits per heavy atom. The van der Waals surface area contributed by atoms with Gasteiger partial charge in [-0.2, -0.15) is 5.10 Å². The van der Waals surface area contributed by atoms with E-state index in [1.54, 1.807) is 19.2 Å². The van der Waals surface area contributed by atoms with Gasteiger partial charge in [0.25, 0.3) is 0 Å². The van der Waals surface area contributed by atoms with Crippen molar-refractivity contribution in [1.82, 2.24) is 14.8 Å². The van der Waals surface area contributed by atoms with Crippen LogP contribution in [0.25, 0.3) is 11.9 Å². The minimum atomic E-state index is -0.961. The van der Waals surface area contributed by atoms with Crippen LogP contribution in [0.3, 0.4) is 0 Å². The van der Waals surface area contributed by atoms with Crippen molar-refractivity contribution in [3.05, 3.63) is 47.7 Å². The standard InChI is InChI=1S/C13H12FN3O2/c1-2-9(13(18)19)7-11-5-6-17(16-11)12-4-3-10(14)8-15-12/h3-8H,2H2,1H3,(H,18,19). The lowest BCUT2D eigenvalue weighted by Gasteiger charge is -1.99. The average molecular weight is 261 g/mol. The fraction of sp³-hybridized carbons (Fsp3) is 0.154. The van der Waals surface area contributed by atoms with E-state index < -0.39 is 11.8 Å². The largest absolute Gasteiger partial charge is 0.478 e. The Bertz CT molecular complexity index is 617. The number of carbonyl (C=O) groups is 1. The van der Waals surface area contributed by atoms with Crippen LogP contribution in [0.4, 0.5) is 4.39 Å². The highest BCUT2D eigenvalue weighted by molar-refractivity contribution is 5.91. The Kier molecular flexibility index (Phi) is 3.70. The maximum Gasteiger partial charge on any atom is 0.331 e. The smallest absolute Gasteiger partial charge is 0.331 e. The molecule has 0 aliphatic carbocycles. The van der Waals surface area contributed by atoms with Crippen LogP contribution in [-0.2, 0) is 4.79 Å². The zero-order chi connectivity index (χ0) is 13.8. The molecular weight excluding hydrogens is 249 g/mol. The normalized spacial score (nSPS) is 11.6. The molecule has 0 saturated heterocycles. The van der Waals surface area contributed by atoms with Crippen molar-refractivity contribution in [2.24, 2.45) is 0 Å². The van der Waals surface area contributed by atoms with Crippen molar-refractivity contribution >= 4 is 12.0 Å². The summed E-state index contributed by atoms with van der Waals surface area (Å²) in [6.07, 6.45) is 4.65. The first kappa shape index (κ1) is 12.9. The Labute approximate surface area is 109 Å². The van der Waals surface area contributed by atoms with Gasteiger partial charge in [-0.15, -0.1) is 0 Å². The second-order valence-corrected chi connectivity index (χ2v) is 3.85. The van der Waals surface area contributed by atoms with E-state index in [0.717, 1.165) is 6.20 Å². The van der Waals surface area contributed by atoms with E-state index in [1.165, 1.54) is 22.9 Å². The fourth-order valence-electron chi connectivity index (χ4n) is 1.54. The number of aromatic nitrogens is 3. The maximum absolute atomic E-state index is 12.7. The summed E-state index contributed by atoms with van der Waals surface area (Å²) in [5, 5.41) is 13.1. The zero-order valence-electron chi connectivity index (χ0n) is 10.2.